The molecule has 2 aromatic heterocycles. The number of halogens is 2. The summed E-state index contributed by atoms with van der Waals surface area (Å²) in [4.78, 5) is 14.1. The van der Waals surface area contributed by atoms with E-state index in [9.17, 15) is 4.39 Å². The molecule has 0 radical (unpaired) electrons. The molecule has 2 N–H and O–H groups in total. The summed E-state index contributed by atoms with van der Waals surface area (Å²) in [5.41, 5.74) is 6.58. The van der Waals surface area contributed by atoms with Gasteiger partial charge in [0.2, 0.25) is 0 Å². The van der Waals surface area contributed by atoms with Gasteiger partial charge < -0.3 is 9.97 Å². The van der Waals surface area contributed by atoms with Crippen molar-refractivity contribution < 1.29 is 4.39 Å². The van der Waals surface area contributed by atoms with Crippen molar-refractivity contribution in [3.05, 3.63) is 106 Å². The number of H-pyrrole nitrogens is 2. The number of aromatic nitrogens is 4. The zero-order valence-electron chi connectivity index (χ0n) is 16.5. The number of aromatic amines is 2. The van der Waals surface area contributed by atoms with Crippen LogP contribution < -0.4 is 0 Å². The minimum absolute atomic E-state index is 0.291. The first-order chi connectivity index (χ1) is 14.1. The molecule has 6 heteroatoms. The Balaban J connectivity index is 0.000000166. The Bertz CT molecular complexity index is 1010. The standard InChI is InChI=1S/C13H16N2.C10H8ClFN2/c1-3-11-6-4-5-10(2)13(11)7-12-8-14-9-15-12;11-9-2-1-3-10(12)8(9)4-7-5-13-6-14-7/h4-6,8-9H,3,7H2,1-2H3,(H,14,15);1-3,5-6H,4H2,(H,13,14). The third-order valence-electron chi connectivity index (χ3n) is 4.78. The van der Waals surface area contributed by atoms with Gasteiger partial charge in [-0.05, 0) is 42.2 Å². The van der Waals surface area contributed by atoms with Gasteiger partial charge in [-0.25, -0.2) is 14.4 Å². The molecule has 0 fully saturated rings. The van der Waals surface area contributed by atoms with Gasteiger partial charge in [0.25, 0.3) is 0 Å². The molecule has 150 valence electrons. The average Bonchev–Trinajstić information content (AvgIpc) is 3.41. The lowest BCUT2D eigenvalue weighted by Gasteiger charge is -2.09. The van der Waals surface area contributed by atoms with Crippen molar-refractivity contribution in [1.82, 2.24) is 19.9 Å². The summed E-state index contributed by atoms with van der Waals surface area (Å²) in [6, 6.07) is 11.2. The summed E-state index contributed by atoms with van der Waals surface area (Å²) in [6.07, 6.45) is 9.41. The summed E-state index contributed by atoms with van der Waals surface area (Å²) >= 11 is 5.87. The first kappa shape index (κ1) is 20.8. The molecule has 29 heavy (non-hydrogen) atoms. The fourth-order valence-electron chi connectivity index (χ4n) is 3.19. The van der Waals surface area contributed by atoms with Gasteiger partial charge in [0.1, 0.15) is 5.82 Å². The molecule has 0 saturated heterocycles. The van der Waals surface area contributed by atoms with E-state index in [1.54, 1.807) is 31.0 Å². The number of imidazole rings is 2. The van der Waals surface area contributed by atoms with Crippen LogP contribution in [-0.2, 0) is 19.3 Å². The number of aryl methyl sites for hydroxylation is 2. The Hall–Kier alpha value is -2.92. The number of hydrogen-bond donors (Lipinski definition) is 2. The Morgan fingerprint density at radius 1 is 0.897 bits per heavy atom. The van der Waals surface area contributed by atoms with Crippen molar-refractivity contribution in [2.75, 3.05) is 0 Å². The lowest BCUT2D eigenvalue weighted by Crippen LogP contribution is -1.97. The van der Waals surface area contributed by atoms with Crippen LogP contribution in [0.3, 0.4) is 0 Å². The molecule has 4 rings (SSSR count). The summed E-state index contributed by atoms with van der Waals surface area (Å²) < 4.78 is 13.3. The Morgan fingerprint density at radius 3 is 2.07 bits per heavy atom. The van der Waals surface area contributed by atoms with E-state index in [2.05, 4.69) is 52.0 Å². The van der Waals surface area contributed by atoms with Crippen LogP contribution >= 0.6 is 11.6 Å². The highest BCUT2D eigenvalue weighted by Crippen LogP contribution is 2.21. The molecule has 0 aliphatic carbocycles. The lowest BCUT2D eigenvalue weighted by molar-refractivity contribution is 0.613. The molecule has 0 unspecified atom stereocenters. The molecular formula is C23H24ClFN4. The second kappa shape index (κ2) is 10.0. The molecule has 0 aliphatic heterocycles. The Labute approximate surface area is 175 Å². The minimum Gasteiger partial charge on any atom is -0.351 e. The van der Waals surface area contributed by atoms with Crippen LogP contribution in [0.4, 0.5) is 4.39 Å². The van der Waals surface area contributed by atoms with Gasteiger partial charge >= 0.3 is 0 Å². The van der Waals surface area contributed by atoms with Crippen LogP contribution in [0.2, 0.25) is 5.02 Å². The van der Waals surface area contributed by atoms with Crippen LogP contribution in [0.1, 0.15) is 40.6 Å². The fourth-order valence-corrected chi connectivity index (χ4v) is 3.42. The van der Waals surface area contributed by atoms with Crippen molar-refractivity contribution in [1.29, 1.82) is 0 Å². The quantitative estimate of drug-likeness (QED) is 0.445. The van der Waals surface area contributed by atoms with Gasteiger partial charge in [0.15, 0.2) is 0 Å². The van der Waals surface area contributed by atoms with Crippen molar-refractivity contribution >= 4 is 11.6 Å². The van der Waals surface area contributed by atoms with Gasteiger partial charge in [-0.15, -0.1) is 0 Å². The van der Waals surface area contributed by atoms with E-state index in [1.165, 1.54) is 22.8 Å². The van der Waals surface area contributed by atoms with Crippen LogP contribution in [0, 0.1) is 12.7 Å². The van der Waals surface area contributed by atoms with Crippen molar-refractivity contribution in [3.63, 3.8) is 0 Å². The highest BCUT2D eigenvalue weighted by molar-refractivity contribution is 6.31. The molecule has 0 spiro atoms. The van der Waals surface area contributed by atoms with Crippen molar-refractivity contribution in [2.45, 2.75) is 33.1 Å². The molecule has 4 nitrogen and oxygen atoms in total. The molecule has 0 saturated carbocycles. The predicted molar refractivity (Wildman–Crippen MR) is 115 cm³/mol. The molecule has 2 heterocycles. The third kappa shape index (κ3) is 5.55. The van der Waals surface area contributed by atoms with Crippen LogP contribution in [-0.4, -0.2) is 19.9 Å². The molecule has 0 atom stereocenters. The molecule has 4 aromatic rings. The maximum Gasteiger partial charge on any atom is 0.128 e. The zero-order valence-corrected chi connectivity index (χ0v) is 17.3. The summed E-state index contributed by atoms with van der Waals surface area (Å²) in [5.74, 6) is -0.291. The van der Waals surface area contributed by atoms with E-state index >= 15 is 0 Å². The van der Waals surface area contributed by atoms with Crippen molar-refractivity contribution in [3.8, 4) is 0 Å². The van der Waals surface area contributed by atoms with E-state index in [0.29, 0.717) is 17.0 Å². The first-order valence-corrected chi connectivity index (χ1v) is 9.91. The number of benzene rings is 2. The highest BCUT2D eigenvalue weighted by Gasteiger charge is 2.08. The monoisotopic (exact) mass is 410 g/mol. The SMILES string of the molecule is CCc1cccc(C)c1Cc1c[nH]cn1.Fc1cccc(Cl)c1Cc1c[nH]cn1. The average molecular weight is 411 g/mol. The largest absolute Gasteiger partial charge is 0.351 e. The van der Waals surface area contributed by atoms with E-state index < -0.39 is 0 Å². The summed E-state index contributed by atoms with van der Waals surface area (Å²) in [5, 5.41) is 0.438. The first-order valence-electron chi connectivity index (χ1n) is 9.54. The summed E-state index contributed by atoms with van der Waals surface area (Å²) in [6.45, 7) is 4.37. The highest BCUT2D eigenvalue weighted by atomic mass is 35.5. The third-order valence-corrected chi connectivity index (χ3v) is 5.13. The minimum atomic E-state index is -0.291. The van der Waals surface area contributed by atoms with E-state index in [4.69, 9.17) is 11.6 Å². The van der Waals surface area contributed by atoms with Gasteiger partial charge in [-0.2, -0.15) is 0 Å². The predicted octanol–water partition coefficient (Wildman–Crippen LogP) is 5.66. The van der Waals surface area contributed by atoms with Gasteiger partial charge in [-0.1, -0.05) is 42.8 Å². The smallest absolute Gasteiger partial charge is 0.128 e. The second-order valence-corrected chi connectivity index (χ2v) is 7.15. The molecule has 0 bridgehead atoms. The number of nitrogens with one attached hydrogen (secondary N) is 2. The Morgan fingerprint density at radius 2 is 1.52 bits per heavy atom. The van der Waals surface area contributed by atoms with E-state index in [1.807, 2.05) is 6.20 Å². The van der Waals surface area contributed by atoms with Crippen LogP contribution in [0.15, 0.2) is 61.4 Å². The van der Waals surface area contributed by atoms with Crippen LogP contribution in [0.25, 0.3) is 0 Å². The maximum atomic E-state index is 13.3. The van der Waals surface area contributed by atoms with Gasteiger partial charge in [-0.3, -0.25) is 0 Å². The fraction of sp³-hybridized carbons (Fsp3) is 0.217. The molecular weight excluding hydrogens is 387 g/mol. The second-order valence-electron chi connectivity index (χ2n) is 6.74. The van der Waals surface area contributed by atoms with Gasteiger partial charge in [0.05, 0.1) is 24.0 Å². The van der Waals surface area contributed by atoms with E-state index in [0.717, 1.165) is 24.2 Å². The summed E-state index contributed by atoms with van der Waals surface area (Å²) in [7, 11) is 0. The lowest BCUT2D eigenvalue weighted by atomic mass is 9.96. The van der Waals surface area contributed by atoms with Gasteiger partial charge in [0, 0.05) is 35.8 Å². The number of nitrogens with zero attached hydrogens (tertiary/aromatic N) is 2. The zero-order chi connectivity index (χ0) is 20.6. The van der Waals surface area contributed by atoms with Crippen LogP contribution in [0.5, 0.6) is 0 Å². The maximum absolute atomic E-state index is 13.3. The van der Waals surface area contributed by atoms with E-state index in [-0.39, 0.29) is 5.82 Å². The molecule has 0 amide bonds. The molecule has 2 aromatic carbocycles. The topological polar surface area (TPSA) is 57.4 Å². The Kier molecular flexibility index (Phi) is 7.19. The molecule has 0 aliphatic rings. The number of hydrogen-bond acceptors (Lipinski definition) is 2. The normalized spacial score (nSPS) is 10.5. The van der Waals surface area contributed by atoms with Crippen molar-refractivity contribution in [2.24, 2.45) is 0 Å². The number of rotatable bonds is 5.